The maximum absolute atomic E-state index is 2.42. The summed E-state index contributed by atoms with van der Waals surface area (Å²) >= 11 is 3.75. The van der Waals surface area contributed by atoms with E-state index in [1.807, 2.05) is 22.7 Å². The Morgan fingerprint density at radius 2 is 0.902 bits per heavy atom. The van der Waals surface area contributed by atoms with Crippen LogP contribution in [0.2, 0.25) is 0 Å². The highest BCUT2D eigenvalue weighted by Crippen LogP contribution is 2.46. The van der Waals surface area contributed by atoms with Gasteiger partial charge in [-0.25, -0.2) is 0 Å². The number of benzene rings is 9. The van der Waals surface area contributed by atoms with Gasteiger partial charge in [0, 0.05) is 57.4 Å². The summed E-state index contributed by atoms with van der Waals surface area (Å²) in [6.45, 7) is 0. The lowest BCUT2D eigenvalue weighted by atomic mass is 9.95. The van der Waals surface area contributed by atoms with Crippen molar-refractivity contribution >= 4 is 112 Å². The van der Waals surface area contributed by atoms with Gasteiger partial charge in [0.25, 0.3) is 0 Å². The fourth-order valence-electron chi connectivity index (χ4n) is 8.07. The highest BCUT2D eigenvalue weighted by molar-refractivity contribution is 7.26. The molecule has 0 aliphatic heterocycles. The third-order valence-corrected chi connectivity index (χ3v) is 12.7. The van der Waals surface area contributed by atoms with E-state index in [1.54, 1.807) is 0 Å². The summed E-state index contributed by atoms with van der Waals surface area (Å²) in [7, 11) is 0. The maximum atomic E-state index is 2.42. The number of hydrogen-bond donors (Lipinski definition) is 0. The molecule has 0 amide bonds. The van der Waals surface area contributed by atoms with Crippen LogP contribution < -0.4 is 4.90 Å². The van der Waals surface area contributed by atoms with Gasteiger partial charge >= 0.3 is 0 Å². The van der Waals surface area contributed by atoms with Crippen molar-refractivity contribution in [1.29, 1.82) is 0 Å². The average Bonchev–Trinajstić information content (AvgIpc) is 3.76. The van der Waals surface area contributed by atoms with E-state index in [9.17, 15) is 0 Å². The molecule has 238 valence electrons. The van der Waals surface area contributed by atoms with Crippen molar-refractivity contribution in [3.8, 4) is 11.1 Å². The number of nitrogens with zero attached hydrogens (tertiary/aromatic N) is 1. The molecule has 3 heteroatoms. The molecule has 0 aliphatic carbocycles. The number of anilines is 3. The molecule has 0 spiro atoms. The summed E-state index contributed by atoms with van der Waals surface area (Å²) in [4.78, 5) is 2.42. The van der Waals surface area contributed by atoms with Crippen molar-refractivity contribution in [2.24, 2.45) is 0 Å². The lowest BCUT2D eigenvalue weighted by molar-refractivity contribution is 1.30. The van der Waals surface area contributed by atoms with Crippen molar-refractivity contribution < 1.29 is 0 Å². The van der Waals surface area contributed by atoms with Crippen molar-refractivity contribution in [3.05, 3.63) is 176 Å². The smallest absolute Gasteiger partial charge is 0.0468 e. The second-order valence-electron chi connectivity index (χ2n) is 13.3. The van der Waals surface area contributed by atoms with Crippen LogP contribution in [-0.2, 0) is 0 Å². The summed E-state index contributed by atoms with van der Waals surface area (Å²) in [5, 5.41) is 13.0. The zero-order valence-electron chi connectivity index (χ0n) is 27.5. The van der Waals surface area contributed by atoms with Crippen LogP contribution in [0.1, 0.15) is 0 Å². The Labute approximate surface area is 302 Å². The largest absolute Gasteiger partial charge is 0.310 e. The van der Waals surface area contributed by atoms with Crippen LogP contribution in [0.25, 0.3) is 83.8 Å². The molecular formula is C48H29NS2. The molecule has 0 N–H and O–H groups in total. The van der Waals surface area contributed by atoms with E-state index < -0.39 is 0 Å². The molecular weight excluding hydrogens is 655 g/mol. The Bertz CT molecular complexity index is 3150. The number of hydrogen-bond acceptors (Lipinski definition) is 3. The number of para-hydroxylation sites is 1. The van der Waals surface area contributed by atoms with E-state index in [0.717, 1.165) is 17.1 Å². The second-order valence-corrected chi connectivity index (χ2v) is 15.5. The van der Waals surface area contributed by atoms with Gasteiger partial charge in [-0.1, -0.05) is 109 Å². The third kappa shape index (κ3) is 4.52. The molecule has 11 aromatic rings. The third-order valence-electron chi connectivity index (χ3n) is 10.4. The average molecular weight is 684 g/mol. The SMILES string of the molecule is c1ccc(N(c2ccc3sc4cccc(-c5ccc6c(ccc7ccccc76)c5)c4c3c2)c2ccc3sc4ccc5ccccc5c4c3c2)cc1. The van der Waals surface area contributed by atoms with E-state index >= 15 is 0 Å². The van der Waals surface area contributed by atoms with Crippen molar-refractivity contribution in [2.75, 3.05) is 4.90 Å². The van der Waals surface area contributed by atoms with Crippen LogP contribution in [0.4, 0.5) is 17.1 Å². The Morgan fingerprint density at radius 1 is 0.314 bits per heavy atom. The fourth-order valence-corrected chi connectivity index (χ4v) is 10.3. The van der Waals surface area contributed by atoms with Gasteiger partial charge in [-0.3, -0.25) is 0 Å². The topological polar surface area (TPSA) is 3.24 Å². The summed E-state index contributed by atoms with van der Waals surface area (Å²) < 4.78 is 5.24. The molecule has 0 unspecified atom stereocenters. The quantitative estimate of drug-likeness (QED) is 0.167. The summed E-state index contributed by atoms with van der Waals surface area (Å²) in [5.41, 5.74) is 5.96. The first-order valence-electron chi connectivity index (χ1n) is 17.3. The summed E-state index contributed by atoms with van der Waals surface area (Å²) in [6.07, 6.45) is 0. The first-order valence-corrected chi connectivity index (χ1v) is 19.0. The fraction of sp³-hybridized carbons (Fsp3) is 0. The van der Waals surface area contributed by atoms with Gasteiger partial charge in [0.1, 0.15) is 0 Å². The molecule has 0 atom stereocenters. The monoisotopic (exact) mass is 683 g/mol. The van der Waals surface area contributed by atoms with E-state index in [1.165, 1.54) is 83.8 Å². The molecule has 0 fully saturated rings. The Kier molecular flexibility index (Phi) is 6.36. The van der Waals surface area contributed by atoms with E-state index in [2.05, 4.69) is 181 Å². The highest BCUT2D eigenvalue weighted by atomic mass is 32.1. The molecule has 0 saturated carbocycles. The van der Waals surface area contributed by atoms with Crippen molar-refractivity contribution in [3.63, 3.8) is 0 Å². The second kappa shape index (κ2) is 11.3. The van der Waals surface area contributed by atoms with E-state index in [0.29, 0.717) is 0 Å². The molecule has 0 aliphatic rings. The summed E-state index contributed by atoms with van der Waals surface area (Å²) in [5.74, 6) is 0. The predicted molar refractivity (Wildman–Crippen MR) is 225 cm³/mol. The van der Waals surface area contributed by atoms with Crippen molar-refractivity contribution in [1.82, 2.24) is 0 Å². The van der Waals surface area contributed by atoms with Crippen LogP contribution >= 0.6 is 22.7 Å². The minimum absolute atomic E-state index is 1.14. The van der Waals surface area contributed by atoms with Gasteiger partial charge in [0.15, 0.2) is 0 Å². The molecule has 11 rings (SSSR count). The zero-order valence-corrected chi connectivity index (χ0v) is 29.1. The maximum Gasteiger partial charge on any atom is 0.0468 e. The molecule has 2 aromatic heterocycles. The van der Waals surface area contributed by atoms with Gasteiger partial charge in [-0.15, -0.1) is 22.7 Å². The number of fused-ring (bicyclic) bond motifs is 11. The van der Waals surface area contributed by atoms with Gasteiger partial charge in [-0.2, -0.15) is 0 Å². The van der Waals surface area contributed by atoms with Crippen LogP contribution in [0.15, 0.2) is 176 Å². The minimum atomic E-state index is 1.14. The molecule has 51 heavy (non-hydrogen) atoms. The molecule has 1 nitrogen and oxygen atoms in total. The lowest BCUT2D eigenvalue weighted by Crippen LogP contribution is -2.09. The molecule has 0 radical (unpaired) electrons. The Morgan fingerprint density at radius 3 is 1.69 bits per heavy atom. The molecule has 9 aromatic carbocycles. The predicted octanol–water partition coefficient (Wildman–Crippen LogP) is 15.0. The van der Waals surface area contributed by atoms with Crippen LogP contribution in [0.5, 0.6) is 0 Å². The van der Waals surface area contributed by atoms with E-state index in [4.69, 9.17) is 0 Å². The van der Waals surface area contributed by atoms with Crippen molar-refractivity contribution in [2.45, 2.75) is 0 Å². The molecule has 0 saturated heterocycles. The van der Waals surface area contributed by atoms with Crippen LogP contribution in [-0.4, -0.2) is 0 Å². The molecule has 0 bridgehead atoms. The number of thiophene rings is 2. The Hall–Kier alpha value is -6.00. The Balaban J connectivity index is 1.12. The van der Waals surface area contributed by atoms with Gasteiger partial charge in [-0.05, 0) is 110 Å². The van der Waals surface area contributed by atoms with Gasteiger partial charge < -0.3 is 4.90 Å². The summed E-state index contributed by atoms with van der Waals surface area (Å²) in [6, 6.07) is 65.0. The van der Waals surface area contributed by atoms with E-state index in [-0.39, 0.29) is 0 Å². The van der Waals surface area contributed by atoms with Gasteiger partial charge in [0.2, 0.25) is 0 Å². The molecule has 2 heterocycles. The normalized spacial score (nSPS) is 11.9. The van der Waals surface area contributed by atoms with Crippen LogP contribution in [0, 0.1) is 0 Å². The zero-order chi connectivity index (χ0) is 33.5. The van der Waals surface area contributed by atoms with Crippen LogP contribution in [0.3, 0.4) is 0 Å². The lowest BCUT2D eigenvalue weighted by Gasteiger charge is -2.26. The first-order chi connectivity index (χ1) is 25.3. The number of rotatable bonds is 4. The standard InChI is InChI=1S/C48H29NS2/c1-2-11-34(12-3-1)49(35-22-26-44-41(28-35)47-39-14-7-5-10-31(39)20-24-46(47)51-44)36-21-25-43-42(29-36)48-40(15-8-16-45(48)50-43)33-19-23-38-32(27-33)18-17-30-9-4-6-13-37(30)38/h1-29H. The first kappa shape index (κ1) is 28.8. The van der Waals surface area contributed by atoms with Gasteiger partial charge in [0.05, 0.1) is 0 Å². The highest BCUT2D eigenvalue weighted by Gasteiger charge is 2.18. The minimum Gasteiger partial charge on any atom is -0.310 e.